The van der Waals surface area contributed by atoms with Gasteiger partial charge in [0.25, 0.3) is 0 Å². The lowest BCUT2D eigenvalue weighted by atomic mass is 9.86. The van der Waals surface area contributed by atoms with E-state index in [9.17, 15) is 18.3 Å². The Morgan fingerprint density at radius 1 is 1.02 bits per heavy atom. The number of aromatic nitrogens is 3. The zero-order valence-electron chi connectivity index (χ0n) is 25.4. The number of carbonyl (C=O) groups is 1. The van der Waals surface area contributed by atoms with Gasteiger partial charge in [0.2, 0.25) is 10.0 Å². The van der Waals surface area contributed by atoms with E-state index < -0.39 is 16.0 Å². The number of carboxylic acids is 1. The van der Waals surface area contributed by atoms with Gasteiger partial charge in [-0.1, -0.05) is 44.2 Å². The minimum atomic E-state index is -3.15. The highest BCUT2D eigenvalue weighted by atomic mass is 32.2. The molecule has 1 fully saturated rings. The Kier molecular flexibility index (Phi) is 8.30. The minimum absolute atomic E-state index is 0.130. The number of hydrogen-bond acceptors (Lipinski definition) is 6. The molecule has 2 aliphatic rings. The molecule has 2 aromatic carbocycles. The van der Waals surface area contributed by atoms with E-state index in [1.807, 2.05) is 25.1 Å². The van der Waals surface area contributed by atoms with E-state index >= 15 is 0 Å². The average Bonchev–Trinajstić information content (AvgIpc) is 3.65. The van der Waals surface area contributed by atoms with Gasteiger partial charge in [-0.2, -0.15) is 5.10 Å². The predicted octanol–water partition coefficient (Wildman–Crippen LogP) is 5.96. The Labute approximate surface area is 258 Å². The van der Waals surface area contributed by atoms with Crippen LogP contribution in [0.5, 0.6) is 5.75 Å². The number of piperidine rings is 1. The molecule has 3 heterocycles. The highest BCUT2D eigenvalue weighted by Crippen LogP contribution is 2.42. The quantitative estimate of drug-likeness (QED) is 0.247. The van der Waals surface area contributed by atoms with Gasteiger partial charge in [0, 0.05) is 24.2 Å². The van der Waals surface area contributed by atoms with Crippen molar-refractivity contribution >= 4 is 16.0 Å². The van der Waals surface area contributed by atoms with Crippen molar-refractivity contribution in [2.24, 2.45) is 0 Å². The van der Waals surface area contributed by atoms with E-state index in [0.717, 1.165) is 54.7 Å². The molecule has 4 aromatic rings. The molecule has 0 spiro atoms. The van der Waals surface area contributed by atoms with E-state index in [1.165, 1.54) is 29.1 Å². The number of benzene rings is 2. The Hall–Kier alpha value is -4.02. The van der Waals surface area contributed by atoms with Crippen LogP contribution in [-0.4, -0.2) is 57.9 Å². The summed E-state index contributed by atoms with van der Waals surface area (Å²) >= 11 is 0. The zero-order valence-corrected chi connectivity index (χ0v) is 26.2. The molecule has 0 saturated carbocycles. The zero-order chi connectivity index (χ0) is 31.0. The third-order valence-electron chi connectivity index (χ3n) is 8.99. The second-order valence-electron chi connectivity index (χ2n) is 11.6. The van der Waals surface area contributed by atoms with E-state index in [0.29, 0.717) is 36.9 Å². The molecule has 2 aromatic heterocycles. The maximum absolute atomic E-state index is 12.0. The number of aryl methyl sites for hydroxylation is 2. The van der Waals surface area contributed by atoms with E-state index in [-0.39, 0.29) is 11.7 Å². The molecule has 0 bridgehead atoms. The Morgan fingerprint density at radius 2 is 1.80 bits per heavy atom. The number of fused-ring (bicyclic) bond motifs is 1. The molecule has 1 atom stereocenters. The normalized spacial score (nSPS) is 17.5. The molecule has 1 aliphatic carbocycles. The van der Waals surface area contributed by atoms with Gasteiger partial charge in [0.15, 0.2) is 5.82 Å². The van der Waals surface area contributed by atoms with Crippen molar-refractivity contribution in [2.45, 2.75) is 64.4 Å². The van der Waals surface area contributed by atoms with E-state index in [2.05, 4.69) is 48.4 Å². The molecule has 230 valence electrons. The number of pyridine rings is 1. The Balaban J connectivity index is 1.27. The molecule has 6 rings (SSSR count). The molecule has 1 saturated heterocycles. The number of aromatic carboxylic acids is 1. The summed E-state index contributed by atoms with van der Waals surface area (Å²) in [6, 6.07) is 18.4. The smallest absolute Gasteiger partial charge is 0.339 e. The standard InChI is InChI=1S/C34H38N4O5S/c1-4-22-20-25(13-14-26(22)23-16-18-37(19-17-23)44(3,41)42)43-31-15-12-24-8-6-9-27(33(24)31)29-10-7-11-32(36-29)38-30(5-2)28(21-35-38)34(39)40/h6-11,13-14,20-21,23,31H,4-5,12,15-19H2,1-3H3,(H,39,40)/t31-/m0/s1. The molecular weight excluding hydrogens is 576 g/mol. The molecule has 1 aliphatic heterocycles. The maximum Gasteiger partial charge on any atom is 0.339 e. The summed E-state index contributed by atoms with van der Waals surface area (Å²) in [7, 11) is -3.15. The van der Waals surface area contributed by atoms with Gasteiger partial charge in [0.05, 0.1) is 23.8 Å². The van der Waals surface area contributed by atoms with Crippen molar-refractivity contribution in [3.63, 3.8) is 0 Å². The van der Waals surface area contributed by atoms with Crippen molar-refractivity contribution in [1.82, 2.24) is 19.1 Å². The van der Waals surface area contributed by atoms with Crippen LogP contribution in [0.25, 0.3) is 17.1 Å². The lowest BCUT2D eigenvalue weighted by Crippen LogP contribution is -2.37. The molecule has 9 nitrogen and oxygen atoms in total. The molecule has 0 radical (unpaired) electrons. The molecule has 10 heteroatoms. The van der Waals surface area contributed by atoms with Crippen LogP contribution in [0.3, 0.4) is 0 Å². The van der Waals surface area contributed by atoms with Crippen molar-refractivity contribution in [2.75, 3.05) is 19.3 Å². The van der Waals surface area contributed by atoms with Crippen LogP contribution >= 0.6 is 0 Å². The Bertz CT molecular complexity index is 1810. The molecule has 1 N–H and O–H groups in total. The number of carboxylic acid groups (broad SMARTS) is 1. The van der Waals surface area contributed by atoms with Gasteiger partial charge >= 0.3 is 5.97 Å². The number of hydrogen-bond donors (Lipinski definition) is 1. The van der Waals surface area contributed by atoms with Crippen LogP contribution in [0, 0.1) is 0 Å². The second kappa shape index (κ2) is 12.2. The minimum Gasteiger partial charge on any atom is -0.486 e. The van der Waals surface area contributed by atoms with Crippen molar-refractivity contribution in [3.8, 4) is 22.8 Å². The van der Waals surface area contributed by atoms with E-state index in [4.69, 9.17) is 9.72 Å². The first-order chi connectivity index (χ1) is 21.2. The van der Waals surface area contributed by atoms with Crippen molar-refractivity contribution < 1.29 is 23.1 Å². The lowest BCUT2D eigenvalue weighted by molar-refractivity contribution is 0.0695. The van der Waals surface area contributed by atoms with Gasteiger partial charge in [-0.3, -0.25) is 0 Å². The number of nitrogens with zero attached hydrogens (tertiary/aromatic N) is 4. The van der Waals surface area contributed by atoms with Gasteiger partial charge < -0.3 is 9.84 Å². The number of sulfonamides is 1. The fraction of sp³-hybridized carbons (Fsp3) is 0.382. The highest BCUT2D eigenvalue weighted by molar-refractivity contribution is 7.88. The van der Waals surface area contributed by atoms with Crippen LogP contribution in [-0.2, 0) is 29.3 Å². The van der Waals surface area contributed by atoms with Crippen molar-refractivity contribution in [3.05, 3.63) is 94.3 Å². The summed E-state index contributed by atoms with van der Waals surface area (Å²) in [5.41, 5.74) is 7.49. The topological polar surface area (TPSA) is 115 Å². The van der Waals surface area contributed by atoms with Crippen LogP contribution in [0.15, 0.2) is 60.8 Å². The van der Waals surface area contributed by atoms with Crippen LogP contribution < -0.4 is 4.74 Å². The van der Waals surface area contributed by atoms with Crippen LogP contribution in [0.4, 0.5) is 0 Å². The lowest BCUT2D eigenvalue weighted by Gasteiger charge is -2.31. The first-order valence-corrected chi connectivity index (χ1v) is 17.2. The summed E-state index contributed by atoms with van der Waals surface area (Å²) < 4.78 is 33.8. The Morgan fingerprint density at radius 3 is 2.50 bits per heavy atom. The summed E-state index contributed by atoms with van der Waals surface area (Å²) in [6.07, 6.45) is 7.34. The monoisotopic (exact) mass is 614 g/mol. The number of rotatable bonds is 9. The van der Waals surface area contributed by atoms with Gasteiger partial charge in [0.1, 0.15) is 17.4 Å². The first kappa shape index (κ1) is 30.0. The summed E-state index contributed by atoms with van der Waals surface area (Å²) in [4.78, 5) is 16.6. The first-order valence-electron chi connectivity index (χ1n) is 15.3. The second-order valence-corrected chi connectivity index (χ2v) is 13.6. The number of ether oxygens (including phenoxy) is 1. The van der Waals surface area contributed by atoms with Gasteiger partial charge in [-0.25, -0.2) is 27.2 Å². The third-order valence-corrected chi connectivity index (χ3v) is 10.3. The summed E-state index contributed by atoms with van der Waals surface area (Å²) in [5.74, 6) is 0.745. The molecule has 44 heavy (non-hydrogen) atoms. The predicted molar refractivity (Wildman–Crippen MR) is 169 cm³/mol. The SMILES string of the molecule is CCc1cc(O[C@H]2CCc3cccc(-c4cccc(-n5ncc(C(=O)O)c5CC)n4)c32)ccc1C1CCN(S(C)(=O)=O)CC1. The van der Waals surface area contributed by atoms with Gasteiger partial charge in [-0.05, 0) is 85.4 Å². The maximum atomic E-state index is 12.0. The van der Waals surface area contributed by atoms with Crippen molar-refractivity contribution in [1.29, 1.82) is 0 Å². The summed E-state index contributed by atoms with van der Waals surface area (Å²) in [6.45, 7) is 5.18. The van der Waals surface area contributed by atoms with Crippen LogP contribution in [0.1, 0.15) is 83.4 Å². The molecule has 0 unspecified atom stereocenters. The highest BCUT2D eigenvalue weighted by Gasteiger charge is 2.30. The molecule has 0 amide bonds. The van der Waals surface area contributed by atoms with Gasteiger partial charge in [-0.15, -0.1) is 0 Å². The molecular formula is C34H38N4O5S. The third kappa shape index (κ3) is 5.76. The van der Waals surface area contributed by atoms with E-state index in [1.54, 1.807) is 8.99 Å². The largest absolute Gasteiger partial charge is 0.486 e. The average molecular weight is 615 g/mol. The fourth-order valence-corrected chi connectivity index (χ4v) is 7.66. The summed E-state index contributed by atoms with van der Waals surface area (Å²) in [5, 5.41) is 13.9. The fourth-order valence-electron chi connectivity index (χ4n) is 6.79. The van der Waals surface area contributed by atoms with Crippen LogP contribution in [0.2, 0.25) is 0 Å².